The fraction of sp³-hybridized carbons (Fsp3) is 0.0625. The Hall–Kier alpha value is -2.26. The highest BCUT2D eigenvalue weighted by atomic mass is 35.5. The summed E-state index contributed by atoms with van der Waals surface area (Å²) in [5.41, 5.74) is 8.05. The third kappa shape index (κ3) is 4.44. The van der Waals surface area contributed by atoms with Gasteiger partial charge in [0.2, 0.25) is 0 Å². The van der Waals surface area contributed by atoms with Crippen LogP contribution in [0.15, 0.2) is 54.6 Å². The zero-order chi connectivity index (χ0) is 14.4. The van der Waals surface area contributed by atoms with Gasteiger partial charge in [-0.1, -0.05) is 35.9 Å². The molecule has 0 aliphatic carbocycles. The zero-order valence-electron chi connectivity index (χ0n) is 10.8. The first kappa shape index (κ1) is 14.2. The third-order valence-electron chi connectivity index (χ3n) is 2.64. The topological polar surface area (TPSA) is 52.3 Å². The van der Waals surface area contributed by atoms with Gasteiger partial charge in [0.15, 0.2) is 0 Å². The van der Waals surface area contributed by atoms with E-state index >= 15 is 0 Å². The molecule has 0 bridgehead atoms. The molecule has 0 atom stereocenters. The number of nitrogens with two attached hydrogens (primary N) is 1. The Kier molecular flexibility index (Phi) is 4.80. The highest BCUT2D eigenvalue weighted by Crippen LogP contribution is 2.11. The molecule has 2 N–H and O–H groups in total. The molecule has 2 aromatic carbocycles. The highest BCUT2D eigenvalue weighted by molar-refractivity contribution is 6.30. The molecule has 0 aliphatic heterocycles. The average Bonchev–Trinajstić information content (AvgIpc) is 2.46. The number of benzene rings is 2. The van der Waals surface area contributed by atoms with Gasteiger partial charge in [-0.2, -0.15) is 0 Å². The molecular weight excluding hydrogens is 274 g/mol. The van der Waals surface area contributed by atoms with E-state index in [9.17, 15) is 4.79 Å². The van der Waals surface area contributed by atoms with Crippen LogP contribution >= 0.6 is 11.6 Å². The lowest BCUT2D eigenvalue weighted by atomic mass is 10.2. The van der Waals surface area contributed by atoms with E-state index in [1.165, 1.54) is 6.08 Å². The molecule has 0 aromatic heterocycles. The van der Waals surface area contributed by atoms with E-state index in [4.69, 9.17) is 22.1 Å². The lowest BCUT2D eigenvalue weighted by Gasteiger charge is -2.02. The van der Waals surface area contributed by atoms with Crippen LogP contribution in [-0.2, 0) is 16.1 Å². The van der Waals surface area contributed by atoms with Crippen molar-refractivity contribution in [2.75, 3.05) is 5.73 Å². The molecule has 4 heteroatoms. The second kappa shape index (κ2) is 6.78. The lowest BCUT2D eigenvalue weighted by Crippen LogP contribution is -2.00. The van der Waals surface area contributed by atoms with Crippen LogP contribution in [0, 0.1) is 0 Å². The summed E-state index contributed by atoms with van der Waals surface area (Å²) in [5.74, 6) is -0.392. The van der Waals surface area contributed by atoms with Gasteiger partial charge in [-0.3, -0.25) is 0 Å². The summed E-state index contributed by atoms with van der Waals surface area (Å²) in [4.78, 5) is 11.6. The number of ether oxygens (including phenoxy) is 1. The van der Waals surface area contributed by atoms with Crippen molar-refractivity contribution in [2.45, 2.75) is 6.61 Å². The van der Waals surface area contributed by atoms with Crippen molar-refractivity contribution >= 4 is 29.3 Å². The number of hydrogen-bond acceptors (Lipinski definition) is 3. The predicted octanol–water partition coefficient (Wildman–Crippen LogP) is 3.68. The number of esters is 1. The molecular formula is C16H14ClNO2. The largest absolute Gasteiger partial charge is 0.458 e. The monoisotopic (exact) mass is 287 g/mol. The van der Waals surface area contributed by atoms with Crippen molar-refractivity contribution in [3.05, 3.63) is 70.8 Å². The quantitative estimate of drug-likeness (QED) is 0.530. The molecule has 2 rings (SSSR count). The first-order chi connectivity index (χ1) is 9.63. The van der Waals surface area contributed by atoms with Crippen LogP contribution in [0.2, 0.25) is 5.02 Å². The van der Waals surface area contributed by atoms with Crippen molar-refractivity contribution in [3.8, 4) is 0 Å². The van der Waals surface area contributed by atoms with Crippen LogP contribution in [0.25, 0.3) is 6.08 Å². The van der Waals surface area contributed by atoms with E-state index in [1.807, 2.05) is 24.3 Å². The van der Waals surface area contributed by atoms with E-state index in [0.717, 1.165) is 11.1 Å². The fourth-order valence-corrected chi connectivity index (χ4v) is 1.68. The second-order valence-electron chi connectivity index (χ2n) is 4.23. The number of carbonyl (C=O) groups is 1. The van der Waals surface area contributed by atoms with Crippen LogP contribution in [-0.4, -0.2) is 5.97 Å². The standard InChI is InChI=1S/C16H14ClNO2/c17-14-6-1-13(2-7-14)11-20-16(19)10-5-12-3-8-15(18)9-4-12/h1-10H,11,18H2/b10-5+. The Morgan fingerprint density at radius 2 is 1.75 bits per heavy atom. The van der Waals surface area contributed by atoms with Crippen LogP contribution in [0.3, 0.4) is 0 Å². The maximum absolute atomic E-state index is 11.6. The summed E-state index contributed by atoms with van der Waals surface area (Å²) in [6, 6.07) is 14.4. The number of rotatable bonds is 4. The van der Waals surface area contributed by atoms with Gasteiger partial charge in [0, 0.05) is 16.8 Å². The van der Waals surface area contributed by atoms with Gasteiger partial charge >= 0.3 is 5.97 Å². The molecule has 0 saturated carbocycles. The van der Waals surface area contributed by atoms with Gasteiger partial charge in [0.1, 0.15) is 6.61 Å². The Morgan fingerprint density at radius 1 is 1.10 bits per heavy atom. The molecule has 0 fully saturated rings. The molecule has 0 aliphatic rings. The van der Waals surface area contributed by atoms with Crippen LogP contribution in [0.4, 0.5) is 5.69 Å². The molecule has 0 spiro atoms. The van der Waals surface area contributed by atoms with Gasteiger partial charge < -0.3 is 10.5 Å². The molecule has 2 aromatic rings. The molecule has 3 nitrogen and oxygen atoms in total. The first-order valence-corrected chi connectivity index (χ1v) is 6.46. The second-order valence-corrected chi connectivity index (χ2v) is 4.67. The van der Waals surface area contributed by atoms with Crippen LogP contribution < -0.4 is 5.73 Å². The molecule has 0 heterocycles. The van der Waals surface area contributed by atoms with Gasteiger partial charge in [0.05, 0.1) is 0 Å². The number of hydrogen-bond donors (Lipinski definition) is 1. The summed E-state index contributed by atoms with van der Waals surface area (Å²) >= 11 is 5.78. The smallest absolute Gasteiger partial charge is 0.331 e. The zero-order valence-corrected chi connectivity index (χ0v) is 11.5. The van der Waals surface area contributed by atoms with Crippen molar-refractivity contribution in [3.63, 3.8) is 0 Å². The van der Waals surface area contributed by atoms with E-state index < -0.39 is 5.97 Å². The maximum atomic E-state index is 11.6. The fourth-order valence-electron chi connectivity index (χ4n) is 1.55. The van der Waals surface area contributed by atoms with Gasteiger partial charge in [-0.15, -0.1) is 0 Å². The number of halogens is 1. The molecule has 0 radical (unpaired) electrons. The minimum atomic E-state index is -0.392. The summed E-state index contributed by atoms with van der Waals surface area (Å²) in [5, 5.41) is 0.656. The summed E-state index contributed by atoms with van der Waals surface area (Å²) in [6.07, 6.45) is 3.07. The third-order valence-corrected chi connectivity index (χ3v) is 2.89. The minimum Gasteiger partial charge on any atom is -0.458 e. The minimum absolute atomic E-state index is 0.224. The number of anilines is 1. The SMILES string of the molecule is Nc1ccc(/C=C/C(=O)OCc2ccc(Cl)cc2)cc1. The highest BCUT2D eigenvalue weighted by Gasteiger charge is 1.99. The normalized spacial score (nSPS) is 10.7. The van der Waals surface area contributed by atoms with Crippen molar-refractivity contribution in [2.24, 2.45) is 0 Å². The van der Waals surface area contributed by atoms with Gasteiger partial charge in [0.25, 0.3) is 0 Å². The maximum Gasteiger partial charge on any atom is 0.331 e. The summed E-state index contributed by atoms with van der Waals surface area (Å²) in [6.45, 7) is 0.224. The Labute approximate surface area is 122 Å². The molecule has 0 unspecified atom stereocenters. The van der Waals surface area contributed by atoms with Crippen LogP contribution in [0.5, 0.6) is 0 Å². The summed E-state index contributed by atoms with van der Waals surface area (Å²) in [7, 11) is 0. The van der Waals surface area contributed by atoms with Crippen LogP contribution in [0.1, 0.15) is 11.1 Å². The van der Waals surface area contributed by atoms with Gasteiger partial charge in [-0.05, 0) is 41.5 Å². The first-order valence-electron chi connectivity index (χ1n) is 6.08. The summed E-state index contributed by atoms with van der Waals surface area (Å²) < 4.78 is 5.12. The van der Waals surface area contributed by atoms with Gasteiger partial charge in [-0.25, -0.2) is 4.79 Å². The number of nitrogen functional groups attached to an aromatic ring is 1. The lowest BCUT2D eigenvalue weighted by molar-refractivity contribution is -0.138. The van der Waals surface area contributed by atoms with Crippen molar-refractivity contribution < 1.29 is 9.53 Å². The molecule has 0 saturated heterocycles. The Balaban J connectivity index is 1.86. The van der Waals surface area contributed by atoms with Crippen molar-refractivity contribution in [1.29, 1.82) is 0 Å². The Morgan fingerprint density at radius 3 is 2.40 bits per heavy atom. The van der Waals surface area contributed by atoms with E-state index in [1.54, 1.807) is 30.3 Å². The van der Waals surface area contributed by atoms with E-state index in [2.05, 4.69) is 0 Å². The average molecular weight is 288 g/mol. The van der Waals surface area contributed by atoms with E-state index in [-0.39, 0.29) is 6.61 Å². The molecule has 0 amide bonds. The predicted molar refractivity (Wildman–Crippen MR) is 81.1 cm³/mol. The molecule has 102 valence electrons. The number of carbonyl (C=O) groups excluding carboxylic acids is 1. The Bertz CT molecular complexity index is 603. The molecule has 20 heavy (non-hydrogen) atoms. The van der Waals surface area contributed by atoms with Crippen molar-refractivity contribution in [1.82, 2.24) is 0 Å². The van der Waals surface area contributed by atoms with E-state index in [0.29, 0.717) is 10.7 Å².